The van der Waals surface area contributed by atoms with Gasteiger partial charge < -0.3 is 9.55 Å². The Kier molecular flexibility index (Phi) is 3.36. The highest BCUT2D eigenvalue weighted by Crippen LogP contribution is 2.17. The van der Waals surface area contributed by atoms with Crippen LogP contribution in [0.5, 0.6) is 0 Å². The van der Waals surface area contributed by atoms with Crippen LogP contribution < -0.4 is 0 Å². The van der Waals surface area contributed by atoms with Gasteiger partial charge in [0.05, 0.1) is 11.0 Å². The van der Waals surface area contributed by atoms with Crippen molar-refractivity contribution < 1.29 is 8.78 Å². The molecule has 2 aromatic carbocycles. The summed E-state index contributed by atoms with van der Waals surface area (Å²) in [5.74, 6) is -0.528. The molecule has 2 nitrogen and oxygen atoms in total. The van der Waals surface area contributed by atoms with Gasteiger partial charge in [0.15, 0.2) is 4.77 Å². The van der Waals surface area contributed by atoms with E-state index in [4.69, 9.17) is 12.2 Å². The Bertz CT molecular complexity index is 820. The Balaban J connectivity index is 1.94. The molecular weight excluding hydrogens is 278 g/mol. The number of imidazole rings is 1. The lowest BCUT2D eigenvalue weighted by molar-refractivity contribution is 0.595. The number of fused-ring (bicyclic) bond motifs is 1. The normalized spacial score (nSPS) is 11.1. The fourth-order valence-electron chi connectivity index (χ4n) is 2.29. The van der Waals surface area contributed by atoms with Crippen molar-refractivity contribution in [1.29, 1.82) is 0 Å². The van der Waals surface area contributed by atoms with Crippen LogP contribution >= 0.6 is 12.2 Å². The van der Waals surface area contributed by atoms with Crippen LogP contribution in [0.25, 0.3) is 11.0 Å². The van der Waals surface area contributed by atoms with Gasteiger partial charge in [0.2, 0.25) is 0 Å². The maximum absolute atomic E-state index is 13.6. The molecule has 0 unspecified atom stereocenters. The van der Waals surface area contributed by atoms with Crippen LogP contribution in [0.3, 0.4) is 0 Å². The van der Waals surface area contributed by atoms with Crippen molar-refractivity contribution >= 4 is 23.3 Å². The number of nitrogens with zero attached hydrogens (tertiary/aromatic N) is 1. The van der Waals surface area contributed by atoms with Gasteiger partial charge in [-0.15, -0.1) is 0 Å². The molecule has 3 aromatic rings. The zero-order valence-electron chi connectivity index (χ0n) is 10.6. The van der Waals surface area contributed by atoms with E-state index in [1.807, 2.05) is 10.6 Å². The molecule has 0 spiro atoms. The monoisotopic (exact) mass is 290 g/mol. The molecule has 0 bridgehead atoms. The molecule has 0 saturated heterocycles. The topological polar surface area (TPSA) is 20.7 Å². The van der Waals surface area contributed by atoms with Crippen LogP contribution in [0.15, 0.2) is 42.5 Å². The molecule has 1 N–H and O–H groups in total. The van der Waals surface area contributed by atoms with Gasteiger partial charge >= 0.3 is 0 Å². The van der Waals surface area contributed by atoms with Crippen LogP contribution in [-0.4, -0.2) is 9.55 Å². The smallest absolute Gasteiger partial charge is 0.178 e. The Morgan fingerprint density at radius 3 is 2.70 bits per heavy atom. The van der Waals surface area contributed by atoms with E-state index in [1.165, 1.54) is 18.2 Å². The van der Waals surface area contributed by atoms with E-state index >= 15 is 0 Å². The standard InChI is InChI=1S/C15H12F2N2S/c16-11-5-6-14-13(9-11)18-15(20)19(14)8-7-10-3-1-2-4-12(10)17/h1-6,9H,7-8H2,(H,18,20). The number of halogens is 2. The zero-order chi connectivity index (χ0) is 14.1. The first-order valence-corrected chi connectivity index (χ1v) is 6.67. The van der Waals surface area contributed by atoms with E-state index < -0.39 is 0 Å². The number of hydrogen-bond donors (Lipinski definition) is 1. The zero-order valence-corrected chi connectivity index (χ0v) is 11.4. The average Bonchev–Trinajstić information content (AvgIpc) is 2.73. The van der Waals surface area contributed by atoms with Gasteiger partial charge in [-0.1, -0.05) is 18.2 Å². The fourth-order valence-corrected chi connectivity index (χ4v) is 2.59. The van der Waals surface area contributed by atoms with Crippen molar-refractivity contribution in [1.82, 2.24) is 9.55 Å². The highest BCUT2D eigenvalue weighted by Gasteiger charge is 2.07. The largest absolute Gasteiger partial charge is 0.330 e. The summed E-state index contributed by atoms with van der Waals surface area (Å²) in [5, 5.41) is 0. The minimum atomic E-state index is -0.310. The molecule has 102 valence electrons. The Morgan fingerprint density at radius 1 is 1.10 bits per heavy atom. The van der Waals surface area contributed by atoms with E-state index in [0.29, 0.717) is 28.8 Å². The van der Waals surface area contributed by atoms with Crippen molar-refractivity contribution in [3.05, 3.63) is 64.4 Å². The summed E-state index contributed by atoms with van der Waals surface area (Å²) >= 11 is 5.24. The molecule has 0 fully saturated rings. The Morgan fingerprint density at radius 2 is 1.90 bits per heavy atom. The second-order valence-electron chi connectivity index (χ2n) is 4.58. The van der Waals surface area contributed by atoms with Gasteiger partial charge in [0.25, 0.3) is 0 Å². The third-order valence-corrected chi connectivity index (χ3v) is 3.62. The minimum absolute atomic E-state index is 0.218. The number of H-pyrrole nitrogens is 1. The molecule has 0 radical (unpaired) electrons. The summed E-state index contributed by atoms with van der Waals surface area (Å²) in [6, 6.07) is 11.2. The van der Waals surface area contributed by atoms with Crippen LogP contribution in [0.2, 0.25) is 0 Å². The van der Waals surface area contributed by atoms with Crippen LogP contribution in [0.4, 0.5) is 8.78 Å². The predicted octanol–water partition coefficient (Wildman–Crippen LogP) is 4.22. The molecule has 0 aliphatic heterocycles. The quantitative estimate of drug-likeness (QED) is 0.716. The molecule has 5 heteroatoms. The number of nitrogens with one attached hydrogen (secondary N) is 1. The third kappa shape index (κ3) is 2.36. The number of aromatic amines is 1. The van der Waals surface area contributed by atoms with Crippen molar-refractivity contribution in [2.45, 2.75) is 13.0 Å². The molecule has 0 amide bonds. The van der Waals surface area contributed by atoms with Crippen molar-refractivity contribution in [3.63, 3.8) is 0 Å². The van der Waals surface area contributed by atoms with Gasteiger partial charge in [0, 0.05) is 6.54 Å². The molecule has 0 saturated carbocycles. The van der Waals surface area contributed by atoms with E-state index in [1.54, 1.807) is 18.2 Å². The molecule has 3 rings (SSSR count). The molecular formula is C15H12F2N2S. The third-order valence-electron chi connectivity index (χ3n) is 3.30. The minimum Gasteiger partial charge on any atom is -0.330 e. The van der Waals surface area contributed by atoms with Crippen molar-refractivity contribution in [2.24, 2.45) is 0 Å². The summed E-state index contributed by atoms with van der Waals surface area (Å²) in [6.45, 7) is 0.547. The predicted molar refractivity (Wildman–Crippen MR) is 77.2 cm³/mol. The lowest BCUT2D eigenvalue weighted by Crippen LogP contribution is -2.02. The number of hydrogen-bond acceptors (Lipinski definition) is 1. The van der Waals surface area contributed by atoms with E-state index in [-0.39, 0.29) is 11.6 Å². The Labute approximate surface area is 119 Å². The van der Waals surface area contributed by atoms with Crippen molar-refractivity contribution in [2.75, 3.05) is 0 Å². The first-order valence-electron chi connectivity index (χ1n) is 6.26. The van der Waals surface area contributed by atoms with Gasteiger partial charge in [-0.05, 0) is 48.5 Å². The summed E-state index contributed by atoms with van der Waals surface area (Å²) in [6.07, 6.45) is 0.533. The van der Waals surface area contributed by atoms with Crippen LogP contribution in [-0.2, 0) is 13.0 Å². The van der Waals surface area contributed by atoms with E-state index in [9.17, 15) is 8.78 Å². The van der Waals surface area contributed by atoms with E-state index in [2.05, 4.69) is 4.98 Å². The maximum Gasteiger partial charge on any atom is 0.178 e. The van der Waals surface area contributed by atoms with Gasteiger partial charge in [-0.3, -0.25) is 0 Å². The lowest BCUT2D eigenvalue weighted by Gasteiger charge is -2.05. The summed E-state index contributed by atoms with van der Waals surface area (Å²) in [4.78, 5) is 2.96. The second-order valence-corrected chi connectivity index (χ2v) is 4.97. The highest BCUT2D eigenvalue weighted by molar-refractivity contribution is 7.71. The van der Waals surface area contributed by atoms with Gasteiger partial charge in [-0.2, -0.15) is 0 Å². The SMILES string of the molecule is Fc1ccc2c(c1)[nH]c(=S)n2CCc1ccccc1F. The van der Waals surface area contributed by atoms with Gasteiger partial charge in [-0.25, -0.2) is 8.78 Å². The second kappa shape index (κ2) is 5.17. The summed E-state index contributed by atoms with van der Waals surface area (Å²) in [5.41, 5.74) is 2.13. The average molecular weight is 290 g/mol. The highest BCUT2D eigenvalue weighted by atomic mass is 32.1. The molecule has 0 aliphatic carbocycles. The van der Waals surface area contributed by atoms with Crippen LogP contribution in [0, 0.1) is 16.4 Å². The maximum atomic E-state index is 13.6. The van der Waals surface area contributed by atoms with Crippen molar-refractivity contribution in [3.8, 4) is 0 Å². The Hall–Kier alpha value is -2.01. The molecule has 0 atom stereocenters. The first kappa shape index (κ1) is 13.0. The number of benzene rings is 2. The fraction of sp³-hybridized carbons (Fsp3) is 0.133. The van der Waals surface area contributed by atoms with E-state index in [0.717, 1.165) is 5.52 Å². The van der Waals surface area contributed by atoms with Gasteiger partial charge in [0.1, 0.15) is 11.6 Å². The first-order chi connectivity index (χ1) is 9.65. The number of aromatic nitrogens is 2. The summed E-state index contributed by atoms with van der Waals surface area (Å²) in [7, 11) is 0. The van der Waals surface area contributed by atoms with Crippen LogP contribution in [0.1, 0.15) is 5.56 Å². The molecule has 1 aromatic heterocycles. The lowest BCUT2D eigenvalue weighted by atomic mass is 10.1. The molecule has 20 heavy (non-hydrogen) atoms. The number of rotatable bonds is 3. The summed E-state index contributed by atoms with van der Waals surface area (Å²) < 4.78 is 29.1. The number of aryl methyl sites for hydroxylation is 2. The molecule has 1 heterocycles. The molecule has 0 aliphatic rings.